The van der Waals surface area contributed by atoms with Gasteiger partial charge in [0.05, 0.1) is 18.2 Å². The molecule has 0 radical (unpaired) electrons. The van der Waals surface area contributed by atoms with Crippen LogP contribution in [0.25, 0.3) is 11.3 Å². The van der Waals surface area contributed by atoms with Gasteiger partial charge in [-0.25, -0.2) is 9.97 Å². The highest BCUT2D eigenvalue weighted by atomic mass is 14.9. The Hall–Kier alpha value is -2.21. The van der Waals surface area contributed by atoms with Crippen molar-refractivity contribution in [2.75, 3.05) is 0 Å². The molecular weight excluding hydrogens is 234 g/mol. The Morgan fingerprint density at radius 3 is 2.37 bits per heavy atom. The maximum atomic E-state index is 8.68. The number of rotatable bonds is 2. The van der Waals surface area contributed by atoms with E-state index in [9.17, 15) is 0 Å². The zero-order valence-electron chi connectivity index (χ0n) is 11.5. The van der Waals surface area contributed by atoms with Gasteiger partial charge in [-0.05, 0) is 17.0 Å². The lowest BCUT2D eigenvalue weighted by Gasteiger charge is -2.19. The highest BCUT2D eigenvalue weighted by molar-refractivity contribution is 5.59. The topological polar surface area (TPSA) is 49.6 Å². The predicted molar refractivity (Wildman–Crippen MR) is 75.5 cm³/mol. The van der Waals surface area contributed by atoms with E-state index >= 15 is 0 Å². The molecule has 2 aromatic rings. The fourth-order valence-corrected chi connectivity index (χ4v) is 1.86. The van der Waals surface area contributed by atoms with Gasteiger partial charge in [-0.3, -0.25) is 0 Å². The molecule has 0 spiro atoms. The van der Waals surface area contributed by atoms with E-state index < -0.39 is 0 Å². The molecule has 0 fully saturated rings. The van der Waals surface area contributed by atoms with Crippen LogP contribution in [0, 0.1) is 11.3 Å². The van der Waals surface area contributed by atoms with E-state index in [2.05, 4.69) is 61.1 Å². The van der Waals surface area contributed by atoms with Crippen molar-refractivity contribution in [1.82, 2.24) is 9.97 Å². The summed E-state index contributed by atoms with van der Waals surface area (Å²) in [5.74, 6) is 0.569. The predicted octanol–water partition coefficient (Wildman–Crippen LogP) is 3.51. The van der Waals surface area contributed by atoms with Crippen LogP contribution < -0.4 is 0 Å². The summed E-state index contributed by atoms with van der Waals surface area (Å²) in [7, 11) is 0. The summed E-state index contributed by atoms with van der Waals surface area (Å²) in [5, 5.41) is 8.68. The van der Waals surface area contributed by atoms with Crippen LogP contribution in [0.5, 0.6) is 0 Å². The van der Waals surface area contributed by atoms with E-state index in [1.165, 1.54) is 5.56 Å². The van der Waals surface area contributed by atoms with Crippen LogP contribution in [0.4, 0.5) is 0 Å². The van der Waals surface area contributed by atoms with E-state index in [0.29, 0.717) is 5.82 Å². The van der Waals surface area contributed by atoms with Gasteiger partial charge in [-0.1, -0.05) is 45.0 Å². The summed E-state index contributed by atoms with van der Waals surface area (Å²) < 4.78 is 0. The molecule has 0 saturated carbocycles. The fourth-order valence-electron chi connectivity index (χ4n) is 1.86. The molecular formula is C16H17N3. The molecule has 0 bridgehead atoms. The number of benzene rings is 1. The van der Waals surface area contributed by atoms with Gasteiger partial charge in [0.2, 0.25) is 0 Å². The molecule has 0 unspecified atom stereocenters. The molecule has 0 aliphatic carbocycles. The van der Waals surface area contributed by atoms with Crippen molar-refractivity contribution >= 4 is 0 Å². The minimum Gasteiger partial charge on any atom is -0.240 e. The highest BCUT2D eigenvalue weighted by Gasteiger charge is 2.13. The largest absolute Gasteiger partial charge is 0.240 e. The molecule has 1 aromatic carbocycles. The Morgan fingerprint density at radius 2 is 1.79 bits per heavy atom. The quantitative estimate of drug-likeness (QED) is 0.820. The normalized spacial score (nSPS) is 11.1. The Kier molecular flexibility index (Phi) is 3.62. The fraction of sp³-hybridized carbons (Fsp3) is 0.312. The van der Waals surface area contributed by atoms with Crippen molar-refractivity contribution in [3.63, 3.8) is 0 Å². The Morgan fingerprint density at radius 1 is 1.11 bits per heavy atom. The van der Waals surface area contributed by atoms with Gasteiger partial charge < -0.3 is 0 Å². The van der Waals surface area contributed by atoms with E-state index in [0.717, 1.165) is 11.3 Å². The van der Waals surface area contributed by atoms with Gasteiger partial charge in [0.25, 0.3) is 0 Å². The summed E-state index contributed by atoms with van der Waals surface area (Å²) in [4.78, 5) is 8.47. The average Bonchev–Trinajstić information content (AvgIpc) is 2.39. The van der Waals surface area contributed by atoms with Gasteiger partial charge >= 0.3 is 0 Å². The van der Waals surface area contributed by atoms with Crippen LogP contribution in [-0.2, 0) is 11.8 Å². The molecule has 0 aliphatic heterocycles. The monoisotopic (exact) mass is 251 g/mol. The molecule has 0 amide bonds. The van der Waals surface area contributed by atoms with Crippen molar-refractivity contribution in [3.8, 4) is 17.3 Å². The standard InChI is InChI=1S/C16H17N3/c1-16(2,3)13-6-4-12(5-7-13)14-9-11-18-15(19-14)8-10-17/h4-7,9,11H,8H2,1-3H3. The third kappa shape index (κ3) is 3.17. The molecule has 19 heavy (non-hydrogen) atoms. The van der Waals surface area contributed by atoms with Crippen molar-refractivity contribution in [2.45, 2.75) is 32.6 Å². The molecule has 1 heterocycles. The van der Waals surface area contributed by atoms with Crippen LogP contribution in [0.15, 0.2) is 36.5 Å². The van der Waals surface area contributed by atoms with Crippen LogP contribution in [0.3, 0.4) is 0 Å². The zero-order chi connectivity index (χ0) is 13.9. The minimum absolute atomic E-state index is 0.149. The minimum atomic E-state index is 0.149. The SMILES string of the molecule is CC(C)(C)c1ccc(-c2ccnc(CC#N)n2)cc1. The lowest BCUT2D eigenvalue weighted by atomic mass is 9.86. The van der Waals surface area contributed by atoms with Gasteiger partial charge in [0.15, 0.2) is 0 Å². The average molecular weight is 251 g/mol. The lowest BCUT2D eigenvalue weighted by Crippen LogP contribution is -2.10. The van der Waals surface area contributed by atoms with E-state index in [-0.39, 0.29) is 11.8 Å². The van der Waals surface area contributed by atoms with Gasteiger partial charge in [0.1, 0.15) is 5.82 Å². The van der Waals surface area contributed by atoms with Crippen LogP contribution >= 0.6 is 0 Å². The summed E-state index contributed by atoms with van der Waals surface area (Å²) in [6.45, 7) is 6.58. The third-order valence-electron chi connectivity index (χ3n) is 2.99. The number of nitriles is 1. The first-order valence-corrected chi connectivity index (χ1v) is 6.30. The van der Waals surface area contributed by atoms with Crippen molar-refractivity contribution < 1.29 is 0 Å². The van der Waals surface area contributed by atoms with Crippen LogP contribution in [-0.4, -0.2) is 9.97 Å². The smallest absolute Gasteiger partial charge is 0.142 e. The van der Waals surface area contributed by atoms with Gasteiger partial charge in [-0.15, -0.1) is 0 Å². The second kappa shape index (κ2) is 5.19. The number of hydrogen-bond donors (Lipinski definition) is 0. The van der Waals surface area contributed by atoms with Crippen LogP contribution in [0.2, 0.25) is 0 Å². The van der Waals surface area contributed by atoms with Crippen molar-refractivity contribution in [1.29, 1.82) is 5.26 Å². The van der Waals surface area contributed by atoms with Gasteiger partial charge in [-0.2, -0.15) is 5.26 Å². The molecule has 2 rings (SSSR count). The first-order valence-electron chi connectivity index (χ1n) is 6.30. The maximum absolute atomic E-state index is 8.68. The van der Waals surface area contributed by atoms with Crippen molar-refractivity contribution in [3.05, 3.63) is 47.9 Å². The van der Waals surface area contributed by atoms with Crippen molar-refractivity contribution in [2.24, 2.45) is 0 Å². The molecule has 96 valence electrons. The summed E-state index contributed by atoms with van der Waals surface area (Å²) in [5.41, 5.74) is 3.36. The molecule has 0 N–H and O–H groups in total. The maximum Gasteiger partial charge on any atom is 0.142 e. The lowest BCUT2D eigenvalue weighted by molar-refractivity contribution is 0.590. The van der Waals surface area contributed by atoms with E-state index in [1.807, 2.05) is 6.07 Å². The molecule has 3 heteroatoms. The summed E-state index contributed by atoms with van der Waals surface area (Å²) in [6.07, 6.45) is 1.95. The first kappa shape index (κ1) is 13.2. The van der Waals surface area contributed by atoms with Crippen LogP contribution in [0.1, 0.15) is 32.2 Å². The third-order valence-corrected chi connectivity index (χ3v) is 2.99. The molecule has 0 atom stereocenters. The second-order valence-electron chi connectivity index (χ2n) is 5.52. The van der Waals surface area contributed by atoms with E-state index in [1.54, 1.807) is 6.20 Å². The number of hydrogen-bond acceptors (Lipinski definition) is 3. The summed E-state index contributed by atoms with van der Waals surface area (Å²) >= 11 is 0. The summed E-state index contributed by atoms with van der Waals surface area (Å²) in [6, 6.07) is 12.3. The Labute approximate surface area is 114 Å². The molecule has 1 aromatic heterocycles. The molecule has 0 aliphatic rings. The van der Waals surface area contributed by atoms with Gasteiger partial charge in [0, 0.05) is 11.8 Å². The Bertz CT molecular complexity index is 601. The molecule has 3 nitrogen and oxygen atoms in total. The number of nitrogens with zero attached hydrogens (tertiary/aromatic N) is 3. The highest BCUT2D eigenvalue weighted by Crippen LogP contribution is 2.25. The Balaban J connectivity index is 2.32. The second-order valence-corrected chi connectivity index (χ2v) is 5.52. The van der Waals surface area contributed by atoms with E-state index in [4.69, 9.17) is 5.26 Å². The first-order chi connectivity index (χ1) is 9.00. The zero-order valence-corrected chi connectivity index (χ0v) is 11.5. The number of aromatic nitrogens is 2. The molecule has 0 saturated heterocycles.